The van der Waals surface area contributed by atoms with Crippen molar-refractivity contribution >= 4 is 16.9 Å². The van der Waals surface area contributed by atoms with E-state index in [9.17, 15) is 9.90 Å². The van der Waals surface area contributed by atoms with Crippen molar-refractivity contribution in [2.24, 2.45) is 0 Å². The van der Waals surface area contributed by atoms with Crippen molar-refractivity contribution in [1.82, 2.24) is 4.98 Å². The quantitative estimate of drug-likeness (QED) is 0.656. The first kappa shape index (κ1) is 11.3. The van der Waals surface area contributed by atoms with E-state index in [1.807, 2.05) is 24.3 Å². The van der Waals surface area contributed by atoms with E-state index in [1.54, 1.807) is 24.3 Å². The number of benzene rings is 2. The zero-order valence-electron chi connectivity index (χ0n) is 9.92. The van der Waals surface area contributed by atoms with Gasteiger partial charge >= 0.3 is 5.97 Å². The molecule has 4 nitrogen and oxygen atoms in total. The number of aromatic amines is 1. The first-order chi connectivity index (χ1) is 9.13. The number of hydrogen-bond donors (Lipinski definition) is 3. The number of carboxylic acid groups (broad SMARTS) is 1. The summed E-state index contributed by atoms with van der Waals surface area (Å²) in [6, 6.07) is 14.2. The molecule has 3 aromatic rings. The standard InChI is InChI=1S/C15H11NO3/c17-12-3-1-2-9(7-12)10-4-5-13-11(6-10)8-14(16-13)15(18)19/h1-8,16-17H,(H,18,19). The van der Waals surface area contributed by atoms with Gasteiger partial charge < -0.3 is 15.2 Å². The molecule has 1 aromatic heterocycles. The third-order valence-corrected chi connectivity index (χ3v) is 3.03. The second-order valence-electron chi connectivity index (χ2n) is 4.34. The van der Waals surface area contributed by atoms with Gasteiger partial charge in [0, 0.05) is 10.9 Å². The number of aromatic carboxylic acids is 1. The molecule has 0 fully saturated rings. The summed E-state index contributed by atoms with van der Waals surface area (Å²) < 4.78 is 0. The number of aromatic nitrogens is 1. The van der Waals surface area contributed by atoms with Crippen LogP contribution in [-0.2, 0) is 0 Å². The maximum atomic E-state index is 10.9. The number of H-pyrrole nitrogens is 1. The van der Waals surface area contributed by atoms with Crippen molar-refractivity contribution in [2.45, 2.75) is 0 Å². The monoisotopic (exact) mass is 253 g/mol. The third-order valence-electron chi connectivity index (χ3n) is 3.03. The average Bonchev–Trinajstić information content (AvgIpc) is 2.81. The molecular formula is C15H11NO3. The summed E-state index contributed by atoms with van der Waals surface area (Å²) in [6.07, 6.45) is 0. The van der Waals surface area contributed by atoms with Crippen molar-refractivity contribution in [3.05, 3.63) is 54.2 Å². The molecule has 3 N–H and O–H groups in total. The van der Waals surface area contributed by atoms with Crippen LogP contribution in [0.2, 0.25) is 0 Å². The molecule has 19 heavy (non-hydrogen) atoms. The topological polar surface area (TPSA) is 73.3 Å². The van der Waals surface area contributed by atoms with Crippen molar-refractivity contribution in [3.63, 3.8) is 0 Å². The Kier molecular flexibility index (Phi) is 2.49. The van der Waals surface area contributed by atoms with Crippen molar-refractivity contribution in [3.8, 4) is 16.9 Å². The molecule has 2 aromatic carbocycles. The summed E-state index contributed by atoms with van der Waals surface area (Å²) >= 11 is 0. The molecule has 1 heterocycles. The van der Waals surface area contributed by atoms with Gasteiger partial charge in [-0.25, -0.2) is 4.79 Å². The Bertz CT molecular complexity index is 774. The minimum Gasteiger partial charge on any atom is -0.508 e. The molecule has 0 saturated heterocycles. The summed E-state index contributed by atoms with van der Waals surface area (Å²) in [4.78, 5) is 13.7. The number of rotatable bonds is 2. The number of aromatic hydroxyl groups is 1. The van der Waals surface area contributed by atoms with E-state index in [2.05, 4.69) is 4.98 Å². The minimum atomic E-state index is -0.977. The van der Waals surface area contributed by atoms with Crippen LogP contribution in [0.1, 0.15) is 10.5 Å². The predicted molar refractivity (Wildman–Crippen MR) is 72.4 cm³/mol. The van der Waals surface area contributed by atoms with Crippen molar-refractivity contribution in [2.75, 3.05) is 0 Å². The highest BCUT2D eigenvalue weighted by atomic mass is 16.4. The van der Waals surface area contributed by atoms with Gasteiger partial charge in [-0.05, 0) is 41.5 Å². The Labute approximate surface area is 108 Å². The van der Waals surface area contributed by atoms with Crippen LogP contribution >= 0.6 is 0 Å². The summed E-state index contributed by atoms with van der Waals surface area (Å²) in [7, 11) is 0. The highest BCUT2D eigenvalue weighted by Crippen LogP contribution is 2.27. The van der Waals surface area contributed by atoms with Gasteiger partial charge in [0.05, 0.1) is 0 Å². The Morgan fingerprint density at radius 1 is 1.00 bits per heavy atom. The van der Waals surface area contributed by atoms with Gasteiger partial charge in [-0.2, -0.15) is 0 Å². The zero-order chi connectivity index (χ0) is 13.4. The predicted octanol–water partition coefficient (Wildman–Crippen LogP) is 3.24. The second-order valence-corrected chi connectivity index (χ2v) is 4.34. The van der Waals surface area contributed by atoms with Gasteiger partial charge in [-0.1, -0.05) is 18.2 Å². The Balaban J connectivity index is 2.13. The highest BCUT2D eigenvalue weighted by molar-refractivity contribution is 5.95. The fraction of sp³-hybridized carbons (Fsp3) is 0. The van der Waals surface area contributed by atoms with Gasteiger partial charge in [0.25, 0.3) is 0 Å². The molecule has 0 aliphatic carbocycles. The van der Waals surface area contributed by atoms with Crippen LogP contribution in [0.3, 0.4) is 0 Å². The van der Waals surface area contributed by atoms with Crippen LogP contribution in [0, 0.1) is 0 Å². The molecule has 0 aliphatic heterocycles. The molecule has 0 spiro atoms. The van der Waals surface area contributed by atoms with E-state index < -0.39 is 5.97 Å². The molecule has 0 radical (unpaired) electrons. The minimum absolute atomic E-state index is 0.169. The molecule has 4 heteroatoms. The van der Waals surface area contributed by atoms with E-state index in [0.29, 0.717) is 0 Å². The lowest BCUT2D eigenvalue weighted by Gasteiger charge is -2.02. The molecule has 0 amide bonds. The van der Waals surface area contributed by atoms with E-state index in [1.165, 1.54) is 0 Å². The summed E-state index contributed by atoms with van der Waals surface area (Å²) in [5.41, 5.74) is 2.77. The average molecular weight is 253 g/mol. The molecule has 94 valence electrons. The van der Waals surface area contributed by atoms with Crippen molar-refractivity contribution in [1.29, 1.82) is 0 Å². The van der Waals surface area contributed by atoms with Crippen LogP contribution in [0.4, 0.5) is 0 Å². The van der Waals surface area contributed by atoms with Gasteiger partial charge in [0.2, 0.25) is 0 Å². The molecule has 3 rings (SSSR count). The molecular weight excluding hydrogens is 242 g/mol. The van der Waals surface area contributed by atoms with Crippen LogP contribution in [0.5, 0.6) is 5.75 Å². The normalized spacial score (nSPS) is 10.7. The number of phenols is 1. The Morgan fingerprint density at radius 3 is 2.53 bits per heavy atom. The first-order valence-corrected chi connectivity index (χ1v) is 5.79. The van der Waals surface area contributed by atoms with E-state index in [-0.39, 0.29) is 11.4 Å². The van der Waals surface area contributed by atoms with Crippen LogP contribution in [-0.4, -0.2) is 21.2 Å². The Hall–Kier alpha value is -2.75. The third kappa shape index (κ3) is 2.04. The number of fused-ring (bicyclic) bond motifs is 1. The molecule has 0 bridgehead atoms. The molecule has 0 atom stereocenters. The highest BCUT2D eigenvalue weighted by Gasteiger charge is 2.08. The van der Waals surface area contributed by atoms with Crippen LogP contribution in [0.15, 0.2) is 48.5 Å². The number of carbonyl (C=O) groups is 1. The van der Waals surface area contributed by atoms with E-state index in [0.717, 1.165) is 22.0 Å². The first-order valence-electron chi connectivity index (χ1n) is 5.79. The van der Waals surface area contributed by atoms with Gasteiger partial charge in [-0.3, -0.25) is 0 Å². The fourth-order valence-electron chi connectivity index (χ4n) is 2.11. The largest absolute Gasteiger partial charge is 0.508 e. The van der Waals surface area contributed by atoms with Crippen LogP contribution < -0.4 is 0 Å². The Morgan fingerprint density at radius 2 is 1.79 bits per heavy atom. The SMILES string of the molecule is O=C(O)c1cc2cc(-c3cccc(O)c3)ccc2[nH]1. The van der Waals surface area contributed by atoms with Gasteiger partial charge in [0.15, 0.2) is 0 Å². The second kappa shape index (κ2) is 4.17. The fourth-order valence-corrected chi connectivity index (χ4v) is 2.11. The van der Waals surface area contributed by atoms with Gasteiger partial charge in [-0.15, -0.1) is 0 Å². The lowest BCUT2D eigenvalue weighted by atomic mass is 10.0. The van der Waals surface area contributed by atoms with Crippen LogP contribution in [0.25, 0.3) is 22.0 Å². The smallest absolute Gasteiger partial charge is 0.352 e. The number of carboxylic acids is 1. The number of phenolic OH excluding ortho intramolecular Hbond substituents is 1. The summed E-state index contributed by atoms with van der Waals surface area (Å²) in [6.45, 7) is 0. The van der Waals surface area contributed by atoms with E-state index in [4.69, 9.17) is 5.11 Å². The summed E-state index contributed by atoms with van der Waals surface area (Å²) in [5.74, 6) is -0.770. The van der Waals surface area contributed by atoms with Gasteiger partial charge in [0.1, 0.15) is 11.4 Å². The molecule has 0 aliphatic rings. The lowest BCUT2D eigenvalue weighted by Crippen LogP contribution is -1.94. The van der Waals surface area contributed by atoms with E-state index >= 15 is 0 Å². The molecule has 0 unspecified atom stereocenters. The summed E-state index contributed by atoms with van der Waals surface area (Å²) in [5, 5.41) is 19.3. The maximum Gasteiger partial charge on any atom is 0.352 e. The number of nitrogens with one attached hydrogen (secondary N) is 1. The maximum absolute atomic E-state index is 10.9. The zero-order valence-corrected chi connectivity index (χ0v) is 9.92. The lowest BCUT2D eigenvalue weighted by molar-refractivity contribution is 0.0691. The number of hydrogen-bond acceptors (Lipinski definition) is 2. The molecule has 0 saturated carbocycles. The van der Waals surface area contributed by atoms with Crippen molar-refractivity contribution < 1.29 is 15.0 Å².